The van der Waals surface area contributed by atoms with Crippen molar-refractivity contribution in [2.45, 2.75) is 25.1 Å². The number of hydrogen-bond donors (Lipinski definition) is 0. The Morgan fingerprint density at radius 3 is 2.47 bits per heavy atom. The van der Waals surface area contributed by atoms with E-state index in [1.54, 1.807) is 12.1 Å². The summed E-state index contributed by atoms with van der Waals surface area (Å²) in [5.41, 5.74) is 1.72. The van der Waals surface area contributed by atoms with Gasteiger partial charge in [-0.3, -0.25) is 0 Å². The number of esters is 1. The van der Waals surface area contributed by atoms with E-state index in [1.165, 1.54) is 7.11 Å². The molecule has 1 aromatic rings. The van der Waals surface area contributed by atoms with Crippen LogP contribution in [0.3, 0.4) is 0 Å². The average molecular weight is 227 g/mol. The van der Waals surface area contributed by atoms with Crippen molar-refractivity contribution in [3.63, 3.8) is 0 Å². The molecule has 0 saturated heterocycles. The number of carbonyl (C=O) groups excluding carboxylic acids is 1. The number of rotatable bonds is 4. The first-order valence-electron chi connectivity index (χ1n) is 4.98. The average Bonchev–Trinajstić information content (AvgIpc) is 2.29. The number of ether oxygens (including phenoxy) is 1. The van der Waals surface area contributed by atoms with E-state index < -0.39 is 0 Å². The molecule has 1 atom stereocenters. The van der Waals surface area contributed by atoms with Gasteiger partial charge in [-0.05, 0) is 30.5 Å². The van der Waals surface area contributed by atoms with Crippen molar-refractivity contribution in [3.05, 3.63) is 35.4 Å². The van der Waals surface area contributed by atoms with Crippen LogP contribution in [0.2, 0.25) is 0 Å². The Morgan fingerprint density at radius 1 is 1.40 bits per heavy atom. The monoisotopic (exact) mass is 226 g/mol. The molecule has 1 aromatic carbocycles. The van der Waals surface area contributed by atoms with Crippen molar-refractivity contribution in [3.8, 4) is 0 Å². The molecule has 0 aliphatic heterocycles. The van der Waals surface area contributed by atoms with Crippen LogP contribution in [0.15, 0.2) is 24.3 Å². The zero-order valence-electron chi connectivity index (χ0n) is 9.00. The molecule has 0 aliphatic carbocycles. The zero-order valence-corrected chi connectivity index (χ0v) is 9.75. The van der Waals surface area contributed by atoms with E-state index in [4.69, 9.17) is 11.6 Å². The molecule has 0 radical (unpaired) electrons. The molecule has 0 heterocycles. The van der Waals surface area contributed by atoms with Gasteiger partial charge in [-0.25, -0.2) is 4.79 Å². The van der Waals surface area contributed by atoms with Gasteiger partial charge in [0.15, 0.2) is 0 Å². The second-order valence-corrected chi connectivity index (χ2v) is 4.02. The Hall–Kier alpha value is -1.02. The lowest BCUT2D eigenvalue weighted by Gasteiger charge is -2.06. The molecule has 82 valence electrons. The number of hydrogen-bond acceptors (Lipinski definition) is 2. The standard InChI is InChI=1S/C12H15ClO2/c1-3-11(13)8-9-4-6-10(7-5-9)12(14)15-2/h4-7,11H,3,8H2,1-2H3. The highest BCUT2D eigenvalue weighted by molar-refractivity contribution is 6.20. The summed E-state index contributed by atoms with van der Waals surface area (Å²) in [5.74, 6) is -0.306. The number of carbonyl (C=O) groups is 1. The maximum absolute atomic E-state index is 11.2. The minimum absolute atomic E-state index is 0.161. The van der Waals surface area contributed by atoms with Crippen molar-refractivity contribution >= 4 is 17.6 Å². The molecule has 0 amide bonds. The summed E-state index contributed by atoms with van der Waals surface area (Å²) in [7, 11) is 1.38. The largest absolute Gasteiger partial charge is 0.465 e. The third-order valence-corrected chi connectivity index (χ3v) is 2.74. The molecule has 15 heavy (non-hydrogen) atoms. The Balaban J connectivity index is 2.68. The molecule has 0 bridgehead atoms. The number of benzene rings is 1. The minimum Gasteiger partial charge on any atom is -0.465 e. The summed E-state index contributed by atoms with van der Waals surface area (Å²) in [6.07, 6.45) is 1.78. The molecule has 0 saturated carbocycles. The lowest BCUT2D eigenvalue weighted by molar-refractivity contribution is 0.0600. The van der Waals surface area contributed by atoms with Crippen LogP contribution in [0.5, 0.6) is 0 Å². The fraction of sp³-hybridized carbons (Fsp3) is 0.417. The van der Waals surface area contributed by atoms with Crippen molar-refractivity contribution in [1.29, 1.82) is 0 Å². The van der Waals surface area contributed by atoms with E-state index in [2.05, 4.69) is 11.7 Å². The molecule has 0 N–H and O–H groups in total. The van der Waals surface area contributed by atoms with Crippen molar-refractivity contribution < 1.29 is 9.53 Å². The molecule has 0 aliphatic rings. The maximum Gasteiger partial charge on any atom is 0.337 e. The van der Waals surface area contributed by atoms with Gasteiger partial charge < -0.3 is 4.74 Å². The topological polar surface area (TPSA) is 26.3 Å². The van der Waals surface area contributed by atoms with Gasteiger partial charge in [0.05, 0.1) is 12.7 Å². The van der Waals surface area contributed by atoms with Crippen LogP contribution in [-0.2, 0) is 11.2 Å². The van der Waals surface area contributed by atoms with Gasteiger partial charge in [0.1, 0.15) is 0 Å². The van der Waals surface area contributed by atoms with Crippen LogP contribution in [0.1, 0.15) is 29.3 Å². The summed E-state index contributed by atoms with van der Waals surface area (Å²) in [6.45, 7) is 2.06. The molecule has 0 fully saturated rings. The molecule has 1 unspecified atom stereocenters. The first kappa shape index (κ1) is 12.1. The van der Waals surface area contributed by atoms with E-state index in [1.807, 2.05) is 12.1 Å². The molecule has 3 heteroatoms. The normalized spacial score (nSPS) is 12.2. The molecular formula is C12H15ClO2. The van der Waals surface area contributed by atoms with E-state index in [0.717, 1.165) is 18.4 Å². The van der Waals surface area contributed by atoms with Crippen molar-refractivity contribution in [1.82, 2.24) is 0 Å². The Labute approximate surface area is 95.2 Å². The first-order chi connectivity index (χ1) is 7.17. The summed E-state index contributed by atoms with van der Waals surface area (Å²) < 4.78 is 4.61. The number of methoxy groups -OCH3 is 1. The van der Waals surface area contributed by atoms with E-state index in [0.29, 0.717) is 5.56 Å². The smallest absolute Gasteiger partial charge is 0.337 e. The third kappa shape index (κ3) is 3.56. The van der Waals surface area contributed by atoms with Crippen molar-refractivity contribution in [2.24, 2.45) is 0 Å². The fourth-order valence-corrected chi connectivity index (χ4v) is 1.47. The highest BCUT2D eigenvalue weighted by Crippen LogP contribution is 2.12. The third-order valence-electron chi connectivity index (χ3n) is 2.28. The van der Waals surface area contributed by atoms with Crippen LogP contribution in [0.4, 0.5) is 0 Å². The fourth-order valence-electron chi connectivity index (χ4n) is 1.29. The number of alkyl halides is 1. The van der Waals surface area contributed by atoms with Crippen LogP contribution in [-0.4, -0.2) is 18.5 Å². The number of halogens is 1. The second kappa shape index (κ2) is 5.76. The zero-order chi connectivity index (χ0) is 11.3. The van der Waals surface area contributed by atoms with Crippen LogP contribution < -0.4 is 0 Å². The van der Waals surface area contributed by atoms with E-state index in [-0.39, 0.29) is 11.3 Å². The van der Waals surface area contributed by atoms with Crippen molar-refractivity contribution in [2.75, 3.05) is 7.11 Å². The Morgan fingerprint density at radius 2 is 2.00 bits per heavy atom. The van der Waals surface area contributed by atoms with Gasteiger partial charge in [-0.2, -0.15) is 0 Å². The molecule has 0 aromatic heterocycles. The minimum atomic E-state index is -0.306. The molecule has 1 rings (SSSR count). The Kier molecular flexibility index (Phi) is 4.63. The molecule has 2 nitrogen and oxygen atoms in total. The summed E-state index contributed by atoms with van der Waals surface area (Å²) in [5, 5.41) is 0.161. The van der Waals surface area contributed by atoms with Gasteiger partial charge in [-0.15, -0.1) is 11.6 Å². The van der Waals surface area contributed by atoms with E-state index in [9.17, 15) is 4.79 Å². The van der Waals surface area contributed by atoms with Gasteiger partial charge in [0.25, 0.3) is 0 Å². The maximum atomic E-state index is 11.2. The van der Waals surface area contributed by atoms with Gasteiger partial charge >= 0.3 is 5.97 Å². The van der Waals surface area contributed by atoms with Gasteiger partial charge in [0.2, 0.25) is 0 Å². The molecule has 0 spiro atoms. The SMILES string of the molecule is CCC(Cl)Cc1ccc(C(=O)OC)cc1. The van der Waals surface area contributed by atoms with Crippen LogP contribution in [0, 0.1) is 0 Å². The predicted molar refractivity (Wildman–Crippen MR) is 61.4 cm³/mol. The Bertz CT molecular complexity index is 319. The first-order valence-corrected chi connectivity index (χ1v) is 5.42. The molecular weight excluding hydrogens is 212 g/mol. The summed E-state index contributed by atoms with van der Waals surface area (Å²) in [4.78, 5) is 11.2. The summed E-state index contributed by atoms with van der Waals surface area (Å²) in [6, 6.07) is 7.36. The van der Waals surface area contributed by atoms with Crippen LogP contribution >= 0.6 is 11.6 Å². The van der Waals surface area contributed by atoms with E-state index >= 15 is 0 Å². The second-order valence-electron chi connectivity index (χ2n) is 3.40. The van der Waals surface area contributed by atoms with Crippen LogP contribution in [0.25, 0.3) is 0 Å². The quantitative estimate of drug-likeness (QED) is 0.583. The summed E-state index contributed by atoms with van der Waals surface area (Å²) >= 11 is 6.04. The van der Waals surface area contributed by atoms with Gasteiger partial charge in [-0.1, -0.05) is 19.1 Å². The van der Waals surface area contributed by atoms with Gasteiger partial charge in [0, 0.05) is 5.38 Å². The lowest BCUT2D eigenvalue weighted by Crippen LogP contribution is -2.03. The predicted octanol–water partition coefficient (Wildman–Crippen LogP) is 3.03. The highest BCUT2D eigenvalue weighted by Gasteiger charge is 2.06. The highest BCUT2D eigenvalue weighted by atomic mass is 35.5. The lowest BCUT2D eigenvalue weighted by atomic mass is 10.1.